The van der Waals surface area contributed by atoms with Crippen LogP contribution < -0.4 is 0 Å². The fourth-order valence-electron chi connectivity index (χ4n) is 4.48. The minimum Gasteiger partial charge on any atom is -0.504 e. The first-order valence-corrected chi connectivity index (χ1v) is 9.03. The minimum atomic E-state index is -0.00112. The van der Waals surface area contributed by atoms with Crippen LogP contribution >= 0.6 is 11.6 Å². The van der Waals surface area contributed by atoms with E-state index in [-0.39, 0.29) is 11.5 Å². The molecule has 1 saturated heterocycles. The van der Waals surface area contributed by atoms with Crippen molar-refractivity contribution in [3.05, 3.63) is 58.1 Å². The summed E-state index contributed by atoms with van der Waals surface area (Å²) < 4.78 is 0. The Morgan fingerprint density at radius 2 is 2.00 bits per heavy atom. The summed E-state index contributed by atoms with van der Waals surface area (Å²) in [5, 5.41) is 20.7. The number of fused-ring (bicyclic) bond motifs is 3. The molecule has 4 rings (SSSR count). The summed E-state index contributed by atoms with van der Waals surface area (Å²) in [6, 6.07) is 12.2. The van der Waals surface area contributed by atoms with Crippen molar-refractivity contribution in [2.24, 2.45) is 0 Å². The molecule has 2 aliphatic rings. The highest BCUT2D eigenvalue weighted by Crippen LogP contribution is 2.45. The molecule has 1 aliphatic heterocycles. The van der Waals surface area contributed by atoms with Crippen LogP contribution in [0.4, 0.5) is 0 Å². The van der Waals surface area contributed by atoms with Gasteiger partial charge in [0.25, 0.3) is 0 Å². The Morgan fingerprint density at radius 3 is 2.83 bits per heavy atom. The van der Waals surface area contributed by atoms with Crippen LogP contribution in [-0.4, -0.2) is 27.7 Å². The number of likely N-dealkylation sites (tertiary alicyclic amines) is 1. The third-order valence-corrected chi connectivity index (χ3v) is 5.79. The first kappa shape index (κ1) is 15.8. The van der Waals surface area contributed by atoms with Crippen LogP contribution in [0.5, 0.6) is 11.5 Å². The number of hydrogen-bond acceptors (Lipinski definition) is 3. The molecule has 2 N–H and O–H groups in total. The van der Waals surface area contributed by atoms with Gasteiger partial charge in [-0.3, -0.25) is 4.90 Å². The second kappa shape index (κ2) is 6.30. The maximum Gasteiger partial charge on any atom is 0.160 e. The fourth-order valence-corrected chi connectivity index (χ4v) is 4.69. The number of phenolic OH excluding ortho intramolecular Hbond substituents is 2. The lowest BCUT2D eigenvalue weighted by Gasteiger charge is -2.45. The molecule has 0 spiro atoms. The van der Waals surface area contributed by atoms with Crippen molar-refractivity contribution < 1.29 is 10.2 Å². The molecule has 1 unspecified atom stereocenters. The number of benzene rings is 2. The summed E-state index contributed by atoms with van der Waals surface area (Å²) in [5.41, 5.74) is 3.42. The highest BCUT2D eigenvalue weighted by atomic mass is 35.5. The second-order valence-electron chi connectivity index (χ2n) is 6.96. The summed E-state index contributed by atoms with van der Waals surface area (Å²) in [6.07, 6.45) is 4.15. The zero-order valence-electron chi connectivity index (χ0n) is 13.6. The van der Waals surface area contributed by atoms with Crippen molar-refractivity contribution in [1.29, 1.82) is 0 Å². The van der Waals surface area contributed by atoms with E-state index in [9.17, 15) is 10.2 Å². The van der Waals surface area contributed by atoms with Gasteiger partial charge < -0.3 is 10.2 Å². The lowest BCUT2D eigenvalue weighted by Crippen LogP contribution is -2.45. The van der Waals surface area contributed by atoms with Crippen LogP contribution in [0.3, 0.4) is 0 Å². The molecule has 0 bridgehead atoms. The predicted molar refractivity (Wildman–Crippen MR) is 95.7 cm³/mol. The lowest BCUT2D eigenvalue weighted by atomic mass is 9.74. The molecule has 0 amide bonds. The van der Waals surface area contributed by atoms with Crippen molar-refractivity contribution >= 4 is 11.6 Å². The number of aromatic hydroxyl groups is 2. The third-order valence-electron chi connectivity index (χ3n) is 5.56. The molecular formula is C20H22ClNO2. The molecule has 1 aliphatic carbocycles. The number of halogens is 1. The van der Waals surface area contributed by atoms with E-state index >= 15 is 0 Å². The van der Waals surface area contributed by atoms with E-state index in [0.717, 1.165) is 49.4 Å². The van der Waals surface area contributed by atoms with Gasteiger partial charge >= 0.3 is 0 Å². The molecule has 2 atom stereocenters. The summed E-state index contributed by atoms with van der Waals surface area (Å²) in [5.74, 6) is 0.518. The SMILES string of the molecule is Oc1ccc2c(c1O)CCC1[C@H]2CCCN1Cc1cccc(Cl)c1. The highest BCUT2D eigenvalue weighted by Gasteiger charge is 2.37. The molecule has 0 aromatic heterocycles. The molecule has 0 saturated carbocycles. The molecular weight excluding hydrogens is 322 g/mol. The predicted octanol–water partition coefficient (Wildman–Crippen LogP) is 4.45. The van der Waals surface area contributed by atoms with Gasteiger partial charge in [-0.2, -0.15) is 0 Å². The van der Waals surface area contributed by atoms with Gasteiger partial charge in [-0.1, -0.05) is 29.8 Å². The molecule has 4 heteroatoms. The van der Waals surface area contributed by atoms with Gasteiger partial charge in [-0.05, 0) is 67.5 Å². The van der Waals surface area contributed by atoms with Crippen LogP contribution in [-0.2, 0) is 13.0 Å². The zero-order chi connectivity index (χ0) is 16.7. The Hall–Kier alpha value is -1.71. The average Bonchev–Trinajstić information content (AvgIpc) is 2.58. The largest absolute Gasteiger partial charge is 0.504 e. The molecule has 24 heavy (non-hydrogen) atoms. The maximum atomic E-state index is 10.2. The Bertz CT molecular complexity index is 761. The number of piperidine rings is 1. The number of hydrogen-bond donors (Lipinski definition) is 2. The average molecular weight is 344 g/mol. The van der Waals surface area contributed by atoms with Gasteiger partial charge in [0.1, 0.15) is 0 Å². The number of phenols is 2. The minimum absolute atomic E-state index is 0.00112. The maximum absolute atomic E-state index is 10.2. The summed E-state index contributed by atoms with van der Waals surface area (Å²) in [4.78, 5) is 2.56. The van der Waals surface area contributed by atoms with Crippen LogP contribution in [0.15, 0.2) is 36.4 Å². The van der Waals surface area contributed by atoms with E-state index < -0.39 is 0 Å². The first-order valence-electron chi connectivity index (χ1n) is 8.65. The molecule has 2 aromatic carbocycles. The topological polar surface area (TPSA) is 43.7 Å². The van der Waals surface area contributed by atoms with Gasteiger partial charge in [0, 0.05) is 23.2 Å². The molecule has 2 aromatic rings. The van der Waals surface area contributed by atoms with Crippen LogP contribution in [0.2, 0.25) is 5.02 Å². The van der Waals surface area contributed by atoms with Crippen molar-refractivity contribution in [2.45, 2.75) is 44.2 Å². The highest BCUT2D eigenvalue weighted by molar-refractivity contribution is 6.30. The van der Waals surface area contributed by atoms with Gasteiger partial charge in [-0.15, -0.1) is 0 Å². The Labute approximate surface area is 147 Å². The smallest absolute Gasteiger partial charge is 0.160 e. The van der Waals surface area contributed by atoms with E-state index in [2.05, 4.69) is 11.0 Å². The van der Waals surface area contributed by atoms with Gasteiger partial charge in [0.15, 0.2) is 11.5 Å². The zero-order valence-corrected chi connectivity index (χ0v) is 14.3. The van der Waals surface area contributed by atoms with Gasteiger partial charge in [0.2, 0.25) is 0 Å². The number of nitrogens with zero attached hydrogens (tertiary/aromatic N) is 1. The van der Waals surface area contributed by atoms with Gasteiger partial charge in [0.05, 0.1) is 0 Å². The van der Waals surface area contributed by atoms with E-state index in [0.29, 0.717) is 12.0 Å². The van der Waals surface area contributed by atoms with Crippen molar-refractivity contribution in [2.75, 3.05) is 6.54 Å². The summed E-state index contributed by atoms with van der Waals surface area (Å²) in [6.45, 7) is 2.02. The fraction of sp³-hybridized carbons (Fsp3) is 0.400. The number of rotatable bonds is 2. The molecule has 126 valence electrons. The normalized spacial score (nSPS) is 23.5. The van der Waals surface area contributed by atoms with Crippen molar-refractivity contribution in [1.82, 2.24) is 4.90 Å². The van der Waals surface area contributed by atoms with E-state index in [1.807, 2.05) is 24.3 Å². The second-order valence-corrected chi connectivity index (χ2v) is 7.39. The van der Waals surface area contributed by atoms with Crippen molar-refractivity contribution in [3.63, 3.8) is 0 Å². The van der Waals surface area contributed by atoms with Crippen LogP contribution in [0.1, 0.15) is 41.9 Å². The van der Waals surface area contributed by atoms with Crippen LogP contribution in [0, 0.1) is 0 Å². The van der Waals surface area contributed by atoms with E-state index in [1.54, 1.807) is 6.07 Å². The standard InChI is InChI=1S/C20H22ClNO2/c21-14-4-1-3-13(11-14)12-22-10-2-5-16-15-7-9-19(23)20(24)17(15)6-8-18(16)22/h1,3-4,7,9,11,16,18,23-24H,2,5-6,8,10,12H2/t16-,18?/m0/s1. The quantitative estimate of drug-likeness (QED) is 0.792. The van der Waals surface area contributed by atoms with Crippen molar-refractivity contribution in [3.8, 4) is 11.5 Å². The van der Waals surface area contributed by atoms with Gasteiger partial charge in [-0.25, -0.2) is 0 Å². The molecule has 0 radical (unpaired) electrons. The Morgan fingerprint density at radius 1 is 1.12 bits per heavy atom. The molecule has 3 nitrogen and oxygen atoms in total. The Balaban J connectivity index is 1.61. The third kappa shape index (κ3) is 2.76. The Kier molecular flexibility index (Phi) is 4.15. The van der Waals surface area contributed by atoms with E-state index in [1.165, 1.54) is 11.1 Å². The van der Waals surface area contributed by atoms with E-state index in [4.69, 9.17) is 11.6 Å². The summed E-state index contributed by atoms with van der Waals surface area (Å²) in [7, 11) is 0. The first-order chi connectivity index (χ1) is 11.6. The monoisotopic (exact) mass is 343 g/mol. The molecule has 1 heterocycles. The lowest BCUT2D eigenvalue weighted by molar-refractivity contribution is 0.104. The summed E-state index contributed by atoms with van der Waals surface area (Å²) >= 11 is 6.13. The molecule has 1 fully saturated rings. The van der Waals surface area contributed by atoms with Crippen LogP contribution in [0.25, 0.3) is 0 Å².